The van der Waals surface area contributed by atoms with Crippen LogP contribution in [0, 0.1) is 46.3 Å². The van der Waals surface area contributed by atoms with Gasteiger partial charge in [0.25, 0.3) is 0 Å². The number of ether oxygens (including phenoxy) is 2. The minimum Gasteiger partial charge on any atom is -0.431 e. The van der Waals surface area contributed by atoms with Crippen molar-refractivity contribution >= 4 is 6.16 Å². The first-order valence-electron chi connectivity index (χ1n) is 17.1. The predicted octanol–water partition coefficient (Wildman–Crippen LogP) is 10.6. The van der Waals surface area contributed by atoms with E-state index in [4.69, 9.17) is 9.47 Å². The lowest BCUT2D eigenvalue weighted by Gasteiger charge is -2.58. The summed E-state index contributed by atoms with van der Waals surface area (Å²) in [5.74, 6) is 4.80. The van der Waals surface area contributed by atoms with Crippen molar-refractivity contribution < 1.29 is 14.3 Å². The van der Waals surface area contributed by atoms with E-state index in [1.54, 1.807) is 5.57 Å². The van der Waals surface area contributed by atoms with Crippen LogP contribution in [0.4, 0.5) is 4.79 Å². The quantitative estimate of drug-likeness (QED) is 0.234. The Labute approximate surface area is 245 Å². The molecule has 3 nitrogen and oxygen atoms in total. The molecule has 0 aromatic rings. The van der Waals surface area contributed by atoms with Gasteiger partial charge < -0.3 is 9.47 Å². The summed E-state index contributed by atoms with van der Waals surface area (Å²) in [6.45, 7) is 12.3. The Kier molecular flexibility index (Phi) is 9.58. The van der Waals surface area contributed by atoms with E-state index >= 15 is 0 Å². The molecular weight excluding hydrogens is 492 g/mol. The first-order chi connectivity index (χ1) is 19.2. The van der Waals surface area contributed by atoms with Crippen LogP contribution in [-0.2, 0) is 9.47 Å². The number of fused-ring (bicyclic) bond motifs is 5. The summed E-state index contributed by atoms with van der Waals surface area (Å²) in [4.78, 5) is 12.7. The second-order valence-electron chi connectivity index (χ2n) is 15.0. The van der Waals surface area contributed by atoms with E-state index in [-0.39, 0.29) is 17.6 Å². The van der Waals surface area contributed by atoms with Gasteiger partial charge in [0.1, 0.15) is 12.2 Å². The molecule has 0 heterocycles. The maximum absolute atomic E-state index is 12.7. The second kappa shape index (κ2) is 12.8. The fraction of sp³-hybridized carbons (Fsp3) is 0.811. The van der Waals surface area contributed by atoms with Crippen molar-refractivity contribution in [3.8, 4) is 0 Å². The molecule has 5 aliphatic rings. The maximum atomic E-state index is 12.7. The smallest absolute Gasteiger partial charge is 0.431 e. The van der Waals surface area contributed by atoms with Crippen LogP contribution in [0.2, 0.25) is 0 Å². The minimum absolute atomic E-state index is 0.00603. The standard InChI is InChI=1S/C37H58O3/c1-6-27(26(2)3)13-12-14-28-18-20-33-32-19-17-29-25-31(21-23-37(29,5)34(32)22-24-36(28,33)4)40-35(38)39-30-15-10-8-7-9-11-16-30/h7-8,12-13,17,26-28,30-34H,6,9-11,14-16,18-25H2,1-5H3/b8-7+,13-12+. The molecule has 0 aromatic heterocycles. The molecule has 0 N–H and O–H groups in total. The monoisotopic (exact) mass is 550 g/mol. The number of carbonyl (C=O) groups is 1. The molecule has 0 radical (unpaired) electrons. The third-order valence-electron chi connectivity index (χ3n) is 12.6. The predicted molar refractivity (Wildman–Crippen MR) is 165 cm³/mol. The molecule has 0 bridgehead atoms. The molecule has 224 valence electrons. The highest BCUT2D eigenvalue weighted by molar-refractivity contribution is 5.60. The van der Waals surface area contributed by atoms with Crippen molar-refractivity contribution in [2.24, 2.45) is 46.3 Å². The highest BCUT2D eigenvalue weighted by Crippen LogP contribution is 2.66. The molecule has 5 rings (SSSR count). The zero-order valence-corrected chi connectivity index (χ0v) is 26.3. The summed E-state index contributed by atoms with van der Waals surface area (Å²) in [6, 6.07) is 0. The molecule has 3 heteroatoms. The molecule has 0 aliphatic heterocycles. The summed E-state index contributed by atoms with van der Waals surface area (Å²) in [7, 11) is 0. The third-order valence-corrected chi connectivity index (χ3v) is 12.6. The molecule has 3 saturated carbocycles. The number of carbonyl (C=O) groups excluding carboxylic acids is 1. The molecule has 0 spiro atoms. The van der Waals surface area contributed by atoms with E-state index in [0.29, 0.717) is 5.41 Å². The first kappa shape index (κ1) is 30.0. The molecule has 5 aliphatic carbocycles. The molecule has 9 atom stereocenters. The van der Waals surface area contributed by atoms with Gasteiger partial charge in [-0.3, -0.25) is 0 Å². The van der Waals surface area contributed by atoms with Crippen molar-refractivity contribution in [1.82, 2.24) is 0 Å². The molecule has 40 heavy (non-hydrogen) atoms. The fourth-order valence-electron chi connectivity index (χ4n) is 10.0. The van der Waals surface area contributed by atoms with Crippen molar-refractivity contribution in [2.75, 3.05) is 0 Å². The summed E-state index contributed by atoms with van der Waals surface area (Å²) < 4.78 is 11.7. The zero-order valence-electron chi connectivity index (χ0n) is 26.3. The lowest BCUT2D eigenvalue weighted by Crippen LogP contribution is -2.50. The van der Waals surface area contributed by atoms with Crippen LogP contribution in [0.25, 0.3) is 0 Å². The Balaban J connectivity index is 1.18. The molecule has 0 aromatic carbocycles. The van der Waals surface area contributed by atoms with E-state index in [2.05, 4.69) is 65.0 Å². The summed E-state index contributed by atoms with van der Waals surface area (Å²) in [5, 5.41) is 0. The molecule has 0 amide bonds. The lowest BCUT2D eigenvalue weighted by atomic mass is 9.47. The second-order valence-corrected chi connectivity index (χ2v) is 15.0. The van der Waals surface area contributed by atoms with Crippen LogP contribution >= 0.6 is 0 Å². The lowest BCUT2D eigenvalue weighted by molar-refractivity contribution is -0.0584. The van der Waals surface area contributed by atoms with Gasteiger partial charge in [0.15, 0.2) is 0 Å². The van der Waals surface area contributed by atoms with Crippen LogP contribution in [0.3, 0.4) is 0 Å². The van der Waals surface area contributed by atoms with E-state index in [9.17, 15) is 4.79 Å². The van der Waals surface area contributed by atoms with Crippen LogP contribution in [0.5, 0.6) is 0 Å². The largest absolute Gasteiger partial charge is 0.508 e. The Bertz CT molecular complexity index is 960. The van der Waals surface area contributed by atoms with Crippen LogP contribution in [0.15, 0.2) is 36.0 Å². The number of rotatable bonds is 7. The Morgan fingerprint density at radius 3 is 2.58 bits per heavy atom. The van der Waals surface area contributed by atoms with Gasteiger partial charge in [0, 0.05) is 6.42 Å². The van der Waals surface area contributed by atoms with E-state index in [0.717, 1.165) is 86.9 Å². The SMILES string of the molecule is CCC(/C=C/CC1CCC2C3CC=C4CC(OC(=O)OC5CC/C=C/CCC5)CCC4(C)C3CCC12C)C(C)C. The summed E-state index contributed by atoms with van der Waals surface area (Å²) in [5.41, 5.74) is 2.36. The number of allylic oxidation sites excluding steroid dienone is 5. The fourth-order valence-corrected chi connectivity index (χ4v) is 10.0. The topological polar surface area (TPSA) is 35.5 Å². The van der Waals surface area contributed by atoms with Gasteiger partial charge in [-0.15, -0.1) is 0 Å². The molecule has 3 fully saturated rings. The minimum atomic E-state index is -0.435. The maximum Gasteiger partial charge on any atom is 0.508 e. The van der Waals surface area contributed by atoms with Crippen molar-refractivity contribution in [1.29, 1.82) is 0 Å². The third kappa shape index (κ3) is 6.14. The average Bonchev–Trinajstić information content (AvgIpc) is 3.24. The van der Waals surface area contributed by atoms with Gasteiger partial charge in [-0.2, -0.15) is 0 Å². The van der Waals surface area contributed by atoms with E-state index < -0.39 is 6.16 Å². The van der Waals surface area contributed by atoms with Gasteiger partial charge >= 0.3 is 6.16 Å². The van der Waals surface area contributed by atoms with Crippen molar-refractivity contribution in [2.45, 2.75) is 143 Å². The van der Waals surface area contributed by atoms with Gasteiger partial charge in [0.05, 0.1) is 0 Å². The van der Waals surface area contributed by atoms with Gasteiger partial charge in [-0.25, -0.2) is 4.79 Å². The Hall–Kier alpha value is -1.51. The van der Waals surface area contributed by atoms with E-state index in [1.165, 1.54) is 44.9 Å². The summed E-state index contributed by atoms with van der Waals surface area (Å²) in [6.07, 6.45) is 29.1. The number of hydrogen-bond donors (Lipinski definition) is 0. The molecule has 9 unspecified atom stereocenters. The summed E-state index contributed by atoms with van der Waals surface area (Å²) >= 11 is 0. The first-order valence-corrected chi connectivity index (χ1v) is 17.1. The van der Waals surface area contributed by atoms with Crippen molar-refractivity contribution in [3.63, 3.8) is 0 Å². The highest BCUT2D eigenvalue weighted by Gasteiger charge is 2.58. The van der Waals surface area contributed by atoms with Gasteiger partial charge in [-0.1, -0.05) is 70.6 Å². The average molecular weight is 551 g/mol. The van der Waals surface area contributed by atoms with Crippen LogP contribution < -0.4 is 0 Å². The Morgan fingerprint density at radius 2 is 1.77 bits per heavy atom. The van der Waals surface area contributed by atoms with E-state index in [1.807, 2.05) is 0 Å². The molecular formula is C37H58O3. The number of hydrogen-bond acceptors (Lipinski definition) is 3. The molecule has 0 saturated heterocycles. The Morgan fingerprint density at radius 1 is 0.975 bits per heavy atom. The zero-order chi connectivity index (χ0) is 28.3. The van der Waals surface area contributed by atoms with Crippen molar-refractivity contribution in [3.05, 3.63) is 36.0 Å². The van der Waals surface area contributed by atoms with Crippen LogP contribution in [0.1, 0.15) is 131 Å². The highest BCUT2D eigenvalue weighted by atomic mass is 16.7. The van der Waals surface area contributed by atoms with Gasteiger partial charge in [-0.05, 0) is 136 Å². The van der Waals surface area contributed by atoms with Gasteiger partial charge in [0.2, 0.25) is 0 Å². The van der Waals surface area contributed by atoms with Crippen LogP contribution in [-0.4, -0.2) is 18.4 Å². The normalized spacial score (nSPS) is 41.2.